The molecule has 294 valence electrons. The van der Waals surface area contributed by atoms with Crippen molar-refractivity contribution in [3.05, 3.63) is 0 Å². The summed E-state index contributed by atoms with van der Waals surface area (Å²) in [6, 6.07) is -0.889. The van der Waals surface area contributed by atoms with Crippen LogP contribution in [0.2, 0.25) is 0 Å². The van der Waals surface area contributed by atoms with Crippen LogP contribution in [0.1, 0.15) is 206 Å². The van der Waals surface area contributed by atoms with Crippen LogP contribution < -0.4 is 11.1 Å². The van der Waals surface area contributed by atoms with Crippen LogP contribution in [-0.2, 0) is 18.4 Å². The molecule has 0 aromatic heterocycles. The molecule has 0 bridgehead atoms. The molecule has 0 aliphatic heterocycles. The Morgan fingerprint density at radius 1 is 0.612 bits per heavy atom. The maximum atomic E-state index is 12.7. The van der Waals surface area contributed by atoms with Crippen LogP contribution in [0.5, 0.6) is 0 Å². The first kappa shape index (κ1) is 48.5. The Labute approximate surface area is 302 Å². The summed E-state index contributed by atoms with van der Waals surface area (Å²) in [4.78, 5) is 22.7. The van der Waals surface area contributed by atoms with E-state index in [1.165, 1.54) is 135 Å². The molecule has 0 rings (SSSR count). The van der Waals surface area contributed by atoms with Crippen molar-refractivity contribution in [2.45, 2.75) is 225 Å². The van der Waals surface area contributed by atoms with Crippen molar-refractivity contribution in [2.75, 3.05) is 19.8 Å². The third-order valence-electron chi connectivity index (χ3n) is 9.52. The number of aliphatic hydroxyl groups is 2. The van der Waals surface area contributed by atoms with Gasteiger partial charge in [0, 0.05) is 6.54 Å². The van der Waals surface area contributed by atoms with Crippen molar-refractivity contribution in [1.29, 1.82) is 0 Å². The maximum Gasteiger partial charge on any atom is 0.472 e. The molecule has 0 aliphatic carbocycles. The van der Waals surface area contributed by atoms with Gasteiger partial charge in [-0.2, -0.15) is 0 Å². The van der Waals surface area contributed by atoms with Gasteiger partial charge in [0.25, 0.3) is 0 Å². The Hall–Kier alpha value is -0.540. The third kappa shape index (κ3) is 34.3. The Balaban J connectivity index is 4.20. The van der Waals surface area contributed by atoms with E-state index in [1.807, 2.05) is 0 Å². The van der Waals surface area contributed by atoms with Crippen LogP contribution in [0.15, 0.2) is 0 Å². The minimum Gasteiger partial charge on any atom is -0.393 e. The average molecular weight is 721 g/mol. The van der Waals surface area contributed by atoms with Crippen LogP contribution in [0, 0.1) is 0 Å². The van der Waals surface area contributed by atoms with Crippen molar-refractivity contribution >= 4 is 13.7 Å². The Morgan fingerprint density at radius 2 is 0.980 bits per heavy atom. The van der Waals surface area contributed by atoms with Gasteiger partial charge in [0.1, 0.15) is 0 Å². The quantitative estimate of drug-likeness (QED) is 0.0311. The summed E-state index contributed by atoms with van der Waals surface area (Å²) < 4.78 is 22.1. The largest absolute Gasteiger partial charge is 0.472 e. The van der Waals surface area contributed by atoms with Crippen molar-refractivity contribution < 1.29 is 33.5 Å². The minimum absolute atomic E-state index is 0.0623. The highest BCUT2D eigenvalue weighted by Gasteiger charge is 2.28. The fraction of sp³-hybridized carbons (Fsp3) is 0.974. The van der Waals surface area contributed by atoms with E-state index >= 15 is 0 Å². The van der Waals surface area contributed by atoms with Crippen molar-refractivity contribution in [3.63, 3.8) is 0 Å². The highest BCUT2D eigenvalue weighted by atomic mass is 31.2. The summed E-state index contributed by atoms with van der Waals surface area (Å²) in [5, 5.41) is 24.0. The number of nitrogens with two attached hydrogens (primary N) is 1. The summed E-state index contributed by atoms with van der Waals surface area (Å²) in [5.74, 6) is -0.413. The summed E-state index contributed by atoms with van der Waals surface area (Å²) in [6.07, 6.45) is 33.0. The lowest BCUT2D eigenvalue weighted by molar-refractivity contribution is -0.125. The van der Waals surface area contributed by atoms with Crippen molar-refractivity contribution in [2.24, 2.45) is 5.73 Å². The normalized spacial score (nSPS) is 14.8. The Bertz CT molecular complexity index is 761. The van der Waals surface area contributed by atoms with E-state index in [0.29, 0.717) is 12.8 Å². The van der Waals surface area contributed by atoms with Gasteiger partial charge in [-0.15, -0.1) is 0 Å². The van der Waals surface area contributed by atoms with Gasteiger partial charge in [0.15, 0.2) is 0 Å². The van der Waals surface area contributed by atoms with Crippen LogP contribution >= 0.6 is 7.82 Å². The third-order valence-corrected chi connectivity index (χ3v) is 10.5. The molecule has 49 heavy (non-hydrogen) atoms. The fourth-order valence-corrected chi connectivity index (χ4v) is 7.12. The second kappa shape index (κ2) is 35.8. The smallest absolute Gasteiger partial charge is 0.393 e. The number of aliphatic hydroxyl groups excluding tert-OH is 2. The van der Waals surface area contributed by atoms with Crippen molar-refractivity contribution in [1.82, 2.24) is 5.32 Å². The lowest BCUT2D eigenvalue weighted by atomic mass is 10.0. The predicted molar refractivity (Wildman–Crippen MR) is 205 cm³/mol. The first-order valence-corrected chi connectivity index (χ1v) is 22.2. The SMILES string of the molecule is CCCCCCCCCCCCCCCCCCCCCC(O)C(COP(=O)(O)OCCN)NC(=O)CC(O)CCCCCCCCCC. The van der Waals surface area contributed by atoms with E-state index in [0.717, 1.165) is 38.5 Å². The molecule has 0 heterocycles. The second-order valence-electron chi connectivity index (χ2n) is 14.4. The second-order valence-corrected chi connectivity index (χ2v) is 15.9. The van der Waals surface area contributed by atoms with Gasteiger partial charge in [0.2, 0.25) is 5.91 Å². The summed E-state index contributed by atoms with van der Waals surface area (Å²) >= 11 is 0. The summed E-state index contributed by atoms with van der Waals surface area (Å²) in [5.41, 5.74) is 5.35. The summed E-state index contributed by atoms with van der Waals surface area (Å²) in [6.45, 7) is 4.03. The Morgan fingerprint density at radius 3 is 1.37 bits per heavy atom. The molecule has 0 aliphatic rings. The van der Waals surface area contributed by atoms with Crippen LogP contribution in [-0.4, -0.2) is 59.0 Å². The number of amides is 1. The van der Waals surface area contributed by atoms with E-state index in [9.17, 15) is 24.5 Å². The highest BCUT2D eigenvalue weighted by Crippen LogP contribution is 2.43. The lowest BCUT2D eigenvalue weighted by Gasteiger charge is -2.25. The number of unbranched alkanes of at least 4 members (excludes halogenated alkanes) is 25. The van der Waals surface area contributed by atoms with E-state index in [1.54, 1.807) is 0 Å². The van der Waals surface area contributed by atoms with Crippen molar-refractivity contribution in [3.8, 4) is 0 Å². The standard InChI is InChI=1S/C39H81N2O7P/c1-3-5-7-9-11-13-14-15-16-17-18-19-20-21-22-23-25-27-29-31-38(43)37(35-48-49(45,46)47-33-32-40)41-39(44)34-36(42)30-28-26-24-12-10-8-6-4-2/h36-38,42-43H,3-35,40H2,1-2H3,(H,41,44)(H,45,46). The number of phosphoric ester groups is 1. The van der Waals surface area contributed by atoms with Gasteiger partial charge >= 0.3 is 7.82 Å². The first-order chi connectivity index (χ1) is 23.8. The van der Waals surface area contributed by atoms with E-state index in [2.05, 4.69) is 19.2 Å². The zero-order valence-corrected chi connectivity index (χ0v) is 33.0. The number of phosphoric acid groups is 1. The van der Waals surface area contributed by atoms with Crippen LogP contribution in [0.3, 0.4) is 0 Å². The average Bonchev–Trinajstić information content (AvgIpc) is 3.07. The van der Waals surface area contributed by atoms with Gasteiger partial charge in [-0.3, -0.25) is 13.8 Å². The molecule has 10 heteroatoms. The minimum atomic E-state index is -4.36. The molecular formula is C39H81N2O7P. The van der Waals surface area contributed by atoms with Gasteiger partial charge in [-0.25, -0.2) is 4.57 Å². The highest BCUT2D eigenvalue weighted by molar-refractivity contribution is 7.47. The monoisotopic (exact) mass is 721 g/mol. The molecular weight excluding hydrogens is 639 g/mol. The zero-order chi connectivity index (χ0) is 36.3. The molecule has 0 saturated carbocycles. The molecule has 9 nitrogen and oxygen atoms in total. The number of rotatable bonds is 39. The van der Waals surface area contributed by atoms with Gasteiger partial charge in [0.05, 0.1) is 37.9 Å². The first-order valence-electron chi connectivity index (χ1n) is 20.7. The molecule has 0 aromatic carbocycles. The Kier molecular flexibility index (Phi) is 35.4. The maximum absolute atomic E-state index is 12.7. The van der Waals surface area contributed by atoms with Gasteiger partial charge in [-0.05, 0) is 12.8 Å². The van der Waals surface area contributed by atoms with Gasteiger partial charge in [-0.1, -0.05) is 187 Å². The molecule has 0 spiro atoms. The van der Waals surface area contributed by atoms with E-state index in [4.69, 9.17) is 14.8 Å². The fourth-order valence-electron chi connectivity index (χ4n) is 6.36. The molecule has 0 aromatic rings. The van der Waals surface area contributed by atoms with Crippen LogP contribution in [0.25, 0.3) is 0 Å². The predicted octanol–water partition coefficient (Wildman–Crippen LogP) is 10.0. The van der Waals surface area contributed by atoms with E-state index in [-0.39, 0.29) is 26.2 Å². The summed E-state index contributed by atoms with van der Waals surface area (Å²) in [7, 11) is -4.36. The number of hydrogen-bond acceptors (Lipinski definition) is 7. The van der Waals surface area contributed by atoms with Crippen LogP contribution in [0.4, 0.5) is 0 Å². The lowest BCUT2D eigenvalue weighted by Crippen LogP contribution is -2.47. The molecule has 6 N–H and O–H groups in total. The number of carbonyl (C=O) groups is 1. The number of carbonyl (C=O) groups excluding carboxylic acids is 1. The molecule has 1 amide bonds. The zero-order valence-electron chi connectivity index (χ0n) is 32.1. The molecule has 0 radical (unpaired) electrons. The molecule has 0 saturated heterocycles. The number of hydrogen-bond donors (Lipinski definition) is 5. The van der Waals surface area contributed by atoms with Gasteiger partial charge < -0.3 is 26.2 Å². The molecule has 0 fully saturated rings. The van der Waals surface area contributed by atoms with E-state index < -0.39 is 32.0 Å². The number of nitrogens with one attached hydrogen (secondary N) is 1. The molecule has 4 unspecified atom stereocenters. The topological polar surface area (TPSA) is 151 Å². The molecule has 4 atom stereocenters.